The average Bonchev–Trinajstić information content (AvgIpc) is 2.99. The number of hydrogen-bond acceptors (Lipinski definition) is 5. The third-order valence-electron chi connectivity index (χ3n) is 3.58. The highest BCUT2D eigenvalue weighted by molar-refractivity contribution is 5.54. The highest BCUT2D eigenvalue weighted by atomic mass is 16.5. The molecule has 114 valence electrons. The summed E-state index contributed by atoms with van der Waals surface area (Å²) in [6, 6.07) is 8.55. The summed E-state index contributed by atoms with van der Waals surface area (Å²) < 4.78 is 10.2. The first-order valence-electron chi connectivity index (χ1n) is 7.14. The standard InChI is InChI=1S/C16H23N3O2/c1-12(9-16(2,3)20-4)17-10-13-5-7-14(8-6-13)15-18-11-21-19-15/h5-8,11-12,17H,9-10H2,1-4H3. The monoisotopic (exact) mass is 289 g/mol. The van der Waals surface area contributed by atoms with E-state index < -0.39 is 0 Å². The number of rotatable bonds is 7. The maximum Gasteiger partial charge on any atom is 0.214 e. The van der Waals surface area contributed by atoms with Crippen molar-refractivity contribution in [1.82, 2.24) is 15.5 Å². The van der Waals surface area contributed by atoms with Crippen LogP contribution in [0.5, 0.6) is 0 Å². The van der Waals surface area contributed by atoms with E-state index in [1.165, 1.54) is 12.0 Å². The molecule has 1 atom stereocenters. The number of benzene rings is 1. The van der Waals surface area contributed by atoms with Crippen LogP contribution in [0.25, 0.3) is 11.4 Å². The van der Waals surface area contributed by atoms with E-state index in [4.69, 9.17) is 9.26 Å². The van der Waals surface area contributed by atoms with Gasteiger partial charge in [-0.2, -0.15) is 4.98 Å². The lowest BCUT2D eigenvalue weighted by atomic mass is 9.99. The minimum Gasteiger partial charge on any atom is -0.379 e. The molecule has 0 bridgehead atoms. The van der Waals surface area contributed by atoms with Crippen molar-refractivity contribution < 1.29 is 9.26 Å². The first-order valence-corrected chi connectivity index (χ1v) is 7.14. The summed E-state index contributed by atoms with van der Waals surface area (Å²) in [5, 5.41) is 7.34. The Morgan fingerprint density at radius 3 is 2.57 bits per heavy atom. The maximum absolute atomic E-state index is 5.45. The molecule has 1 aromatic heterocycles. The predicted molar refractivity (Wildman–Crippen MR) is 81.7 cm³/mol. The van der Waals surface area contributed by atoms with E-state index in [9.17, 15) is 0 Å². The molecule has 0 saturated heterocycles. The van der Waals surface area contributed by atoms with Crippen molar-refractivity contribution in [2.75, 3.05) is 7.11 Å². The van der Waals surface area contributed by atoms with Crippen LogP contribution in [0.1, 0.15) is 32.8 Å². The molecule has 5 nitrogen and oxygen atoms in total. The number of aromatic nitrogens is 2. The second-order valence-electron chi connectivity index (χ2n) is 5.90. The number of methoxy groups -OCH3 is 1. The molecule has 5 heteroatoms. The molecule has 2 aromatic rings. The summed E-state index contributed by atoms with van der Waals surface area (Å²) in [6.45, 7) is 7.21. The van der Waals surface area contributed by atoms with Crippen molar-refractivity contribution in [3.63, 3.8) is 0 Å². The molecule has 0 aliphatic rings. The Balaban J connectivity index is 1.86. The van der Waals surface area contributed by atoms with Gasteiger partial charge in [0.05, 0.1) is 5.60 Å². The Morgan fingerprint density at radius 1 is 1.29 bits per heavy atom. The largest absolute Gasteiger partial charge is 0.379 e. The van der Waals surface area contributed by atoms with E-state index in [1.807, 2.05) is 12.1 Å². The summed E-state index contributed by atoms with van der Waals surface area (Å²) in [5.41, 5.74) is 2.08. The lowest BCUT2D eigenvalue weighted by Gasteiger charge is -2.27. The van der Waals surface area contributed by atoms with Gasteiger partial charge >= 0.3 is 0 Å². The molecule has 0 aliphatic carbocycles. The van der Waals surface area contributed by atoms with Gasteiger partial charge in [-0.15, -0.1) is 0 Å². The van der Waals surface area contributed by atoms with E-state index in [1.54, 1.807) is 7.11 Å². The molecular weight excluding hydrogens is 266 g/mol. The van der Waals surface area contributed by atoms with Crippen LogP contribution in [0.2, 0.25) is 0 Å². The molecule has 0 saturated carbocycles. The fourth-order valence-corrected chi connectivity index (χ4v) is 2.25. The fraction of sp³-hybridized carbons (Fsp3) is 0.500. The maximum atomic E-state index is 5.45. The summed E-state index contributed by atoms with van der Waals surface area (Å²) in [6.07, 6.45) is 2.30. The van der Waals surface area contributed by atoms with E-state index >= 15 is 0 Å². The van der Waals surface area contributed by atoms with Crippen LogP contribution in [0.3, 0.4) is 0 Å². The van der Waals surface area contributed by atoms with Gasteiger partial charge in [-0.1, -0.05) is 29.4 Å². The molecule has 0 spiro atoms. The van der Waals surface area contributed by atoms with Gasteiger partial charge in [-0.25, -0.2) is 0 Å². The van der Waals surface area contributed by atoms with Gasteiger partial charge in [0.2, 0.25) is 12.2 Å². The Hall–Kier alpha value is -1.72. The average molecular weight is 289 g/mol. The van der Waals surface area contributed by atoms with Crippen LogP contribution in [-0.2, 0) is 11.3 Å². The van der Waals surface area contributed by atoms with E-state index in [2.05, 4.69) is 48.4 Å². The first-order chi connectivity index (χ1) is 10.00. The van der Waals surface area contributed by atoms with Crippen LogP contribution in [0.15, 0.2) is 35.2 Å². The second-order valence-corrected chi connectivity index (χ2v) is 5.90. The fourth-order valence-electron chi connectivity index (χ4n) is 2.25. The van der Waals surface area contributed by atoms with Gasteiger partial charge in [0.15, 0.2) is 0 Å². The Labute approximate surface area is 125 Å². The topological polar surface area (TPSA) is 60.2 Å². The van der Waals surface area contributed by atoms with Gasteiger partial charge in [0.25, 0.3) is 0 Å². The molecule has 1 N–H and O–H groups in total. The molecule has 1 unspecified atom stereocenters. The third-order valence-corrected chi connectivity index (χ3v) is 3.58. The van der Waals surface area contributed by atoms with Gasteiger partial charge in [-0.05, 0) is 32.8 Å². The second kappa shape index (κ2) is 6.83. The van der Waals surface area contributed by atoms with Crippen molar-refractivity contribution in [3.05, 3.63) is 36.2 Å². The summed E-state index contributed by atoms with van der Waals surface area (Å²) >= 11 is 0. The zero-order valence-electron chi connectivity index (χ0n) is 13.1. The third kappa shape index (κ3) is 4.65. The van der Waals surface area contributed by atoms with Gasteiger partial charge in [0.1, 0.15) is 0 Å². The molecule has 0 fully saturated rings. The highest BCUT2D eigenvalue weighted by Gasteiger charge is 2.19. The lowest BCUT2D eigenvalue weighted by molar-refractivity contribution is 0.00844. The zero-order valence-corrected chi connectivity index (χ0v) is 13.1. The minimum absolute atomic E-state index is 0.102. The Bertz CT molecular complexity index is 535. The number of ether oxygens (including phenoxy) is 1. The van der Waals surface area contributed by atoms with Crippen molar-refractivity contribution in [2.45, 2.75) is 45.4 Å². The molecule has 0 radical (unpaired) electrons. The number of hydrogen-bond donors (Lipinski definition) is 1. The van der Waals surface area contributed by atoms with Crippen molar-refractivity contribution in [2.24, 2.45) is 0 Å². The first kappa shape index (κ1) is 15.7. The quantitative estimate of drug-likeness (QED) is 0.849. The van der Waals surface area contributed by atoms with E-state index in [0.29, 0.717) is 11.9 Å². The molecule has 0 aliphatic heterocycles. The minimum atomic E-state index is -0.102. The number of nitrogens with one attached hydrogen (secondary N) is 1. The smallest absolute Gasteiger partial charge is 0.214 e. The molecule has 0 amide bonds. The van der Waals surface area contributed by atoms with Gasteiger partial charge in [0, 0.05) is 25.3 Å². The predicted octanol–water partition coefficient (Wildman–Crippen LogP) is 3.03. The molecular formula is C16H23N3O2. The van der Waals surface area contributed by atoms with Crippen molar-refractivity contribution >= 4 is 0 Å². The van der Waals surface area contributed by atoms with E-state index in [-0.39, 0.29) is 5.60 Å². The van der Waals surface area contributed by atoms with Gasteiger partial charge in [-0.3, -0.25) is 0 Å². The summed E-state index contributed by atoms with van der Waals surface area (Å²) in [7, 11) is 1.75. The van der Waals surface area contributed by atoms with Crippen molar-refractivity contribution in [3.8, 4) is 11.4 Å². The normalized spacial score (nSPS) is 13.3. The molecule has 1 aromatic carbocycles. The number of nitrogens with zero attached hydrogens (tertiary/aromatic N) is 2. The van der Waals surface area contributed by atoms with Crippen LogP contribution >= 0.6 is 0 Å². The summed E-state index contributed by atoms with van der Waals surface area (Å²) in [4.78, 5) is 4.03. The molecule has 2 rings (SSSR count). The van der Waals surface area contributed by atoms with E-state index in [0.717, 1.165) is 18.5 Å². The van der Waals surface area contributed by atoms with Crippen LogP contribution in [-0.4, -0.2) is 28.9 Å². The molecule has 21 heavy (non-hydrogen) atoms. The Morgan fingerprint density at radius 2 is 2.00 bits per heavy atom. The Kier molecular flexibility index (Phi) is 5.09. The van der Waals surface area contributed by atoms with Crippen LogP contribution in [0.4, 0.5) is 0 Å². The summed E-state index contributed by atoms with van der Waals surface area (Å²) in [5.74, 6) is 0.615. The van der Waals surface area contributed by atoms with Crippen LogP contribution < -0.4 is 5.32 Å². The van der Waals surface area contributed by atoms with Crippen molar-refractivity contribution in [1.29, 1.82) is 0 Å². The zero-order chi connectivity index (χ0) is 15.3. The molecule has 1 heterocycles. The highest BCUT2D eigenvalue weighted by Crippen LogP contribution is 2.17. The lowest BCUT2D eigenvalue weighted by Crippen LogP contribution is -2.35. The van der Waals surface area contributed by atoms with Crippen LogP contribution in [0, 0.1) is 0 Å². The van der Waals surface area contributed by atoms with Gasteiger partial charge < -0.3 is 14.6 Å². The SMILES string of the molecule is COC(C)(C)CC(C)NCc1ccc(-c2ncon2)cc1.